The Morgan fingerprint density at radius 1 is 0.778 bits per heavy atom. The van der Waals surface area contributed by atoms with Gasteiger partial charge in [0, 0.05) is 61.6 Å². The Labute approximate surface area is 166 Å². The van der Waals surface area contributed by atoms with Crippen molar-refractivity contribution < 1.29 is 4.79 Å². The number of anilines is 2. The van der Waals surface area contributed by atoms with Gasteiger partial charge in [-0.3, -0.25) is 4.79 Å². The summed E-state index contributed by atoms with van der Waals surface area (Å²) < 4.78 is 0. The van der Waals surface area contributed by atoms with Crippen molar-refractivity contribution in [1.29, 1.82) is 0 Å². The third kappa shape index (κ3) is 4.22. The number of carbonyl (C=O) groups excluding carboxylic acids is 1. The molecule has 27 heavy (non-hydrogen) atoms. The van der Waals surface area contributed by atoms with E-state index in [4.69, 9.17) is 11.6 Å². The van der Waals surface area contributed by atoms with Gasteiger partial charge in [0.1, 0.15) is 0 Å². The smallest absolute Gasteiger partial charge is 0.225 e. The molecule has 2 aromatic rings. The van der Waals surface area contributed by atoms with Crippen LogP contribution in [0.25, 0.3) is 0 Å². The fourth-order valence-electron chi connectivity index (χ4n) is 4.14. The van der Waals surface area contributed by atoms with Gasteiger partial charge < -0.3 is 14.7 Å². The van der Waals surface area contributed by atoms with E-state index in [9.17, 15) is 4.79 Å². The number of nitrogens with zero attached hydrogens (tertiary/aromatic N) is 3. The number of para-hydroxylation sites is 1. The van der Waals surface area contributed by atoms with Gasteiger partial charge in [0.2, 0.25) is 5.91 Å². The summed E-state index contributed by atoms with van der Waals surface area (Å²) in [5.74, 6) is 0.510. The largest absolute Gasteiger partial charge is 0.371 e. The lowest BCUT2D eigenvalue weighted by Crippen LogP contribution is -2.51. The van der Waals surface area contributed by atoms with Crippen molar-refractivity contribution in [2.75, 3.05) is 49.1 Å². The highest BCUT2D eigenvalue weighted by atomic mass is 35.5. The molecule has 2 fully saturated rings. The van der Waals surface area contributed by atoms with E-state index < -0.39 is 0 Å². The van der Waals surface area contributed by atoms with Gasteiger partial charge >= 0.3 is 0 Å². The average Bonchev–Trinajstić information content (AvgIpc) is 2.74. The molecule has 5 heteroatoms. The molecule has 0 aromatic heterocycles. The lowest BCUT2D eigenvalue weighted by atomic mass is 9.94. The topological polar surface area (TPSA) is 26.8 Å². The maximum Gasteiger partial charge on any atom is 0.225 e. The van der Waals surface area contributed by atoms with Gasteiger partial charge in [0.05, 0.1) is 0 Å². The highest BCUT2D eigenvalue weighted by molar-refractivity contribution is 6.30. The predicted octanol–water partition coefficient (Wildman–Crippen LogP) is 3.91. The van der Waals surface area contributed by atoms with Crippen molar-refractivity contribution in [2.45, 2.75) is 12.8 Å². The van der Waals surface area contributed by atoms with Gasteiger partial charge in [-0.05, 0) is 43.2 Å². The minimum absolute atomic E-state index is 0.169. The van der Waals surface area contributed by atoms with E-state index >= 15 is 0 Å². The second-order valence-electron chi connectivity index (χ2n) is 7.39. The third-order valence-electron chi connectivity index (χ3n) is 5.73. The number of piperidine rings is 1. The van der Waals surface area contributed by atoms with Crippen LogP contribution in [-0.4, -0.2) is 50.1 Å². The molecule has 2 heterocycles. The second-order valence-corrected chi connectivity index (χ2v) is 7.83. The Morgan fingerprint density at radius 3 is 2.07 bits per heavy atom. The molecule has 142 valence electrons. The van der Waals surface area contributed by atoms with Gasteiger partial charge in [0.15, 0.2) is 0 Å². The number of hydrogen-bond donors (Lipinski definition) is 0. The minimum Gasteiger partial charge on any atom is -0.371 e. The maximum atomic E-state index is 13.0. The summed E-state index contributed by atoms with van der Waals surface area (Å²) in [7, 11) is 0. The first-order valence-electron chi connectivity index (χ1n) is 9.80. The van der Waals surface area contributed by atoms with Crippen molar-refractivity contribution in [2.24, 2.45) is 5.92 Å². The van der Waals surface area contributed by atoms with Crippen molar-refractivity contribution in [3.05, 3.63) is 59.6 Å². The molecule has 4 rings (SSSR count). The molecule has 2 aliphatic heterocycles. The third-order valence-corrected chi connectivity index (χ3v) is 5.97. The number of carbonyl (C=O) groups is 1. The fraction of sp³-hybridized carbons (Fsp3) is 0.409. The van der Waals surface area contributed by atoms with Crippen molar-refractivity contribution in [3.8, 4) is 0 Å². The number of halogens is 1. The summed E-state index contributed by atoms with van der Waals surface area (Å²) in [6.45, 7) is 5.25. The van der Waals surface area contributed by atoms with Crippen LogP contribution in [0.1, 0.15) is 12.8 Å². The Morgan fingerprint density at radius 2 is 1.41 bits per heavy atom. The highest BCUT2D eigenvalue weighted by Crippen LogP contribution is 2.26. The molecule has 2 aliphatic rings. The Balaban J connectivity index is 1.29. The molecule has 0 radical (unpaired) electrons. The van der Waals surface area contributed by atoms with Gasteiger partial charge in [0.25, 0.3) is 0 Å². The number of benzene rings is 2. The van der Waals surface area contributed by atoms with Crippen LogP contribution in [0.3, 0.4) is 0 Å². The summed E-state index contributed by atoms with van der Waals surface area (Å²) in [6, 6.07) is 18.5. The molecule has 0 N–H and O–H groups in total. The lowest BCUT2D eigenvalue weighted by Gasteiger charge is -2.39. The van der Waals surface area contributed by atoms with E-state index in [-0.39, 0.29) is 5.92 Å². The number of rotatable bonds is 3. The molecular formula is C22H26ClN3O. The van der Waals surface area contributed by atoms with Crippen LogP contribution < -0.4 is 9.80 Å². The minimum atomic E-state index is 0.169. The number of hydrogen-bond acceptors (Lipinski definition) is 3. The molecule has 0 aliphatic carbocycles. The van der Waals surface area contributed by atoms with E-state index in [1.807, 2.05) is 24.3 Å². The standard InChI is InChI=1S/C22H26ClN3O/c23-19-5-4-8-21(17-19)25-13-15-26(16-14-25)22(27)18-9-11-24(12-10-18)20-6-2-1-3-7-20/h1-8,17-18H,9-16H2. The van der Waals surface area contributed by atoms with Crippen LogP contribution in [0.15, 0.2) is 54.6 Å². The van der Waals surface area contributed by atoms with Crippen molar-refractivity contribution >= 4 is 28.9 Å². The molecule has 0 unspecified atom stereocenters. The van der Waals surface area contributed by atoms with E-state index in [1.54, 1.807) is 0 Å². The second kappa shape index (κ2) is 8.22. The van der Waals surface area contributed by atoms with Crippen LogP contribution in [0, 0.1) is 5.92 Å². The van der Waals surface area contributed by atoms with Gasteiger partial charge in [-0.1, -0.05) is 35.9 Å². The molecule has 0 atom stereocenters. The summed E-state index contributed by atoms with van der Waals surface area (Å²) in [5.41, 5.74) is 2.41. The van der Waals surface area contributed by atoms with Crippen LogP contribution in [0.4, 0.5) is 11.4 Å². The fourth-order valence-corrected chi connectivity index (χ4v) is 4.32. The van der Waals surface area contributed by atoms with Crippen LogP contribution in [-0.2, 0) is 4.79 Å². The van der Waals surface area contributed by atoms with Crippen molar-refractivity contribution in [3.63, 3.8) is 0 Å². The summed E-state index contributed by atoms with van der Waals surface area (Å²) >= 11 is 6.11. The summed E-state index contributed by atoms with van der Waals surface area (Å²) in [5, 5.41) is 0.760. The quantitative estimate of drug-likeness (QED) is 0.804. The molecule has 2 aromatic carbocycles. The summed E-state index contributed by atoms with van der Waals surface area (Å²) in [6.07, 6.45) is 1.89. The zero-order valence-corrected chi connectivity index (χ0v) is 16.3. The molecular weight excluding hydrogens is 358 g/mol. The molecule has 0 bridgehead atoms. The SMILES string of the molecule is O=C(C1CCN(c2ccccc2)CC1)N1CCN(c2cccc(Cl)c2)CC1. The number of amides is 1. The van der Waals surface area contributed by atoms with Gasteiger partial charge in [-0.15, -0.1) is 0 Å². The Hall–Kier alpha value is -2.20. The van der Waals surface area contributed by atoms with E-state index in [1.165, 1.54) is 5.69 Å². The van der Waals surface area contributed by atoms with E-state index in [2.05, 4.69) is 45.0 Å². The average molecular weight is 384 g/mol. The molecule has 4 nitrogen and oxygen atoms in total. The number of piperazine rings is 1. The van der Waals surface area contributed by atoms with Crippen molar-refractivity contribution in [1.82, 2.24) is 4.90 Å². The normalized spacial score (nSPS) is 18.6. The molecule has 2 saturated heterocycles. The first-order chi connectivity index (χ1) is 13.2. The van der Waals surface area contributed by atoms with Crippen LogP contribution >= 0.6 is 11.6 Å². The first-order valence-corrected chi connectivity index (χ1v) is 10.2. The van der Waals surface area contributed by atoms with Crippen LogP contribution in [0.5, 0.6) is 0 Å². The zero-order valence-electron chi connectivity index (χ0n) is 15.6. The summed E-state index contributed by atoms with van der Waals surface area (Å²) in [4.78, 5) is 19.7. The Bertz CT molecular complexity index is 766. The monoisotopic (exact) mass is 383 g/mol. The lowest BCUT2D eigenvalue weighted by molar-refractivity contribution is -0.136. The Kier molecular flexibility index (Phi) is 5.53. The maximum absolute atomic E-state index is 13.0. The van der Waals surface area contributed by atoms with E-state index in [0.29, 0.717) is 5.91 Å². The first kappa shape index (κ1) is 18.2. The molecule has 0 spiro atoms. The van der Waals surface area contributed by atoms with Gasteiger partial charge in [-0.25, -0.2) is 0 Å². The van der Waals surface area contributed by atoms with Gasteiger partial charge in [-0.2, -0.15) is 0 Å². The van der Waals surface area contributed by atoms with E-state index in [0.717, 1.165) is 62.8 Å². The highest BCUT2D eigenvalue weighted by Gasteiger charge is 2.30. The predicted molar refractivity (Wildman–Crippen MR) is 112 cm³/mol. The zero-order chi connectivity index (χ0) is 18.6. The molecule has 1 amide bonds. The van der Waals surface area contributed by atoms with Crippen LogP contribution in [0.2, 0.25) is 5.02 Å². The molecule has 0 saturated carbocycles.